The van der Waals surface area contributed by atoms with Gasteiger partial charge in [-0.15, -0.1) is 0 Å². The Morgan fingerprint density at radius 1 is 1.10 bits per heavy atom. The molecule has 2 heterocycles. The summed E-state index contributed by atoms with van der Waals surface area (Å²) in [5, 5.41) is 0. The Labute approximate surface area is 124 Å². The number of rotatable bonds is 3. The number of nitrogens with two attached hydrogens (primary N) is 1. The van der Waals surface area contributed by atoms with Crippen LogP contribution in [-0.2, 0) is 13.0 Å². The first-order valence-corrected chi connectivity index (χ1v) is 6.92. The van der Waals surface area contributed by atoms with Gasteiger partial charge in [0, 0.05) is 13.1 Å². The third-order valence-electron chi connectivity index (χ3n) is 3.80. The van der Waals surface area contributed by atoms with E-state index in [1.165, 1.54) is 11.1 Å². The van der Waals surface area contributed by atoms with E-state index >= 15 is 0 Å². The Balaban J connectivity index is 1.91. The van der Waals surface area contributed by atoms with Gasteiger partial charge >= 0.3 is 0 Å². The molecule has 1 aliphatic rings. The summed E-state index contributed by atoms with van der Waals surface area (Å²) in [6, 6.07) is 9.84. The molecular formula is C16H19N3O2. The van der Waals surface area contributed by atoms with Crippen molar-refractivity contribution in [2.24, 2.45) is 0 Å². The van der Waals surface area contributed by atoms with E-state index in [4.69, 9.17) is 15.2 Å². The molecule has 0 aliphatic carbocycles. The van der Waals surface area contributed by atoms with Crippen LogP contribution in [0.25, 0.3) is 0 Å². The highest BCUT2D eigenvalue weighted by atomic mass is 16.5. The largest absolute Gasteiger partial charge is 0.493 e. The number of nitrogen functional groups attached to an aromatic ring is 1. The maximum atomic E-state index is 5.77. The SMILES string of the molecule is COc1cc2c(cc1OC)CN(c1cccc(N)n1)CC2. The molecule has 0 amide bonds. The molecule has 5 heteroatoms. The molecule has 0 bridgehead atoms. The van der Waals surface area contributed by atoms with Crippen LogP contribution in [0.3, 0.4) is 0 Å². The van der Waals surface area contributed by atoms with Crippen molar-refractivity contribution < 1.29 is 9.47 Å². The molecule has 0 fully saturated rings. The van der Waals surface area contributed by atoms with Crippen LogP contribution in [0, 0.1) is 0 Å². The molecule has 0 atom stereocenters. The average Bonchev–Trinajstić information content (AvgIpc) is 2.53. The maximum absolute atomic E-state index is 5.77. The van der Waals surface area contributed by atoms with E-state index in [-0.39, 0.29) is 0 Å². The van der Waals surface area contributed by atoms with E-state index in [2.05, 4.69) is 16.0 Å². The minimum atomic E-state index is 0.547. The second-order valence-electron chi connectivity index (χ2n) is 5.07. The van der Waals surface area contributed by atoms with Crippen molar-refractivity contribution in [2.45, 2.75) is 13.0 Å². The summed E-state index contributed by atoms with van der Waals surface area (Å²) >= 11 is 0. The van der Waals surface area contributed by atoms with Gasteiger partial charge in [-0.25, -0.2) is 4.98 Å². The summed E-state index contributed by atoms with van der Waals surface area (Å²) in [7, 11) is 3.32. The van der Waals surface area contributed by atoms with Crippen LogP contribution < -0.4 is 20.1 Å². The lowest BCUT2D eigenvalue weighted by Crippen LogP contribution is -2.31. The number of nitrogens with zero attached hydrogens (tertiary/aromatic N) is 2. The molecule has 0 saturated heterocycles. The van der Waals surface area contributed by atoms with E-state index in [1.54, 1.807) is 20.3 Å². The van der Waals surface area contributed by atoms with Crippen molar-refractivity contribution in [2.75, 3.05) is 31.4 Å². The molecule has 0 radical (unpaired) electrons. The Hall–Kier alpha value is -2.43. The Bertz CT molecular complexity index is 658. The van der Waals surface area contributed by atoms with Gasteiger partial charge in [-0.3, -0.25) is 0 Å². The van der Waals surface area contributed by atoms with Crippen LogP contribution in [0.4, 0.5) is 11.6 Å². The van der Waals surface area contributed by atoms with Crippen molar-refractivity contribution in [3.63, 3.8) is 0 Å². The molecule has 2 aromatic rings. The second-order valence-corrected chi connectivity index (χ2v) is 5.07. The lowest BCUT2D eigenvalue weighted by molar-refractivity contribution is 0.353. The predicted octanol–water partition coefficient (Wildman–Crippen LogP) is 2.24. The van der Waals surface area contributed by atoms with Crippen molar-refractivity contribution in [1.82, 2.24) is 4.98 Å². The highest BCUT2D eigenvalue weighted by Crippen LogP contribution is 2.34. The molecule has 110 valence electrons. The lowest BCUT2D eigenvalue weighted by Gasteiger charge is -2.30. The summed E-state index contributed by atoms with van der Waals surface area (Å²) in [6.45, 7) is 1.71. The molecule has 0 unspecified atom stereocenters. The third-order valence-corrected chi connectivity index (χ3v) is 3.80. The van der Waals surface area contributed by atoms with Gasteiger partial charge in [0.2, 0.25) is 0 Å². The van der Waals surface area contributed by atoms with E-state index in [9.17, 15) is 0 Å². The van der Waals surface area contributed by atoms with Crippen LogP contribution >= 0.6 is 0 Å². The predicted molar refractivity (Wildman–Crippen MR) is 82.9 cm³/mol. The molecule has 1 aromatic heterocycles. The van der Waals surface area contributed by atoms with E-state index in [1.807, 2.05) is 18.2 Å². The molecule has 0 spiro atoms. The number of hydrogen-bond donors (Lipinski definition) is 1. The maximum Gasteiger partial charge on any atom is 0.161 e. The summed E-state index contributed by atoms with van der Waals surface area (Å²) in [4.78, 5) is 6.62. The smallest absolute Gasteiger partial charge is 0.161 e. The van der Waals surface area contributed by atoms with Crippen molar-refractivity contribution in [3.05, 3.63) is 41.5 Å². The van der Waals surface area contributed by atoms with Crippen LogP contribution in [0.2, 0.25) is 0 Å². The number of fused-ring (bicyclic) bond motifs is 1. The summed E-state index contributed by atoms with van der Waals surface area (Å²) in [5.41, 5.74) is 8.31. The first kappa shape index (κ1) is 13.5. The topological polar surface area (TPSA) is 60.6 Å². The molecule has 21 heavy (non-hydrogen) atoms. The Morgan fingerprint density at radius 2 is 1.81 bits per heavy atom. The second kappa shape index (κ2) is 5.52. The first-order chi connectivity index (χ1) is 10.2. The highest BCUT2D eigenvalue weighted by Gasteiger charge is 2.20. The minimum absolute atomic E-state index is 0.547. The number of aromatic nitrogens is 1. The Morgan fingerprint density at radius 3 is 2.48 bits per heavy atom. The fourth-order valence-corrected chi connectivity index (χ4v) is 2.69. The van der Waals surface area contributed by atoms with Crippen LogP contribution in [0.1, 0.15) is 11.1 Å². The van der Waals surface area contributed by atoms with Gasteiger partial charge < -0.3 is 20.1 Å². The zero-order valence-corrected chi connectivity index (χ0v) is 12.3. The van der Waals surface area contributed by atoms with Crippen molar-refractivity contribution in [3.8, 4) is 11.5 Å². The minimum Gasteiger partial charge on any atom is -0.493 e. The molecular weight excluding hydrogens is 266 g/mol. The molecule has 1 aliphatic heterocycles. The monoisotopic (exact) mass is 285 g/mol. The average molecular weight is 285 g/mol. The normalized spacial score (nSPS) is 13.7. The summed E-state index contributed by atoms with van der Waals surface area (Å²) in [5.74, 6) is 3.01. The molecule has 1 aromatic carbocycles. The van der Waals surface area contributed by atoms with E-state index < -0.39 is 0 Å². The summed E-state index contributed by atoms with van der Waals surface area (Å²) in [6.07, 6.45) is 0.951. The standard InChI is InChI=1S/C16H19N3O2/c1-20-13-8-11-6-7-19(10-12(11)9-14(13)21-2)16-5-3-4-15(17)18-16/h3-5,8-9H,6-7,10H2,1-2H3,(H2,17,18). The van der Waals surface area contributed by atoms with Gasteiger partial charge in [0.1, 0.15) is 11.6 Å². The van der Waals surface area contributed by atoms with Gasteiger partial charge in [-0.05, 0) is 41.8 Å². The molecule has 3 rings (SSSR count). The van der Waals surface area contributed by atoms with Crippen LogP contribution in [0.15, 0.2) is 30.3 Å². The van der Waals surface area contributed by atoms with Crippen LogP contribution in [0.5, 0.6) is 11.5 Å². The fourth-order valence-electron chi connectivity index (χ4n) is 2.69. The zero-order valence-electron chi connectivity index (χ0n) is 12.3. The van der Waals surface area contributed by atoms with E-state index in [0.717, 1.165) is 36.8 Å². The molecule has 2 N–H and O–H groups in total. The van der Waals surface area contributed by atoms with Gasteiger partial charge in [0.25, 0.3) is 0 Å². The van der Waals surface area contributed by atoms with Gasteiger partial charge in [-0.1, -0.05) is 6.07 Å². The number of benzene rings is 1. The van der Waals surface area contributed by atoms with Crippen molar-refractivity contribution >= 4 is 11.6 Å². The third kappa shape index (κ3) is 2.59. The summed E-state index contributed by atoms with van der Waals surface area (Å²) < 4.78 is 10.7. The fraction of sp³-hybridized carbons (Fsp3) is 0.312. The Kier molecular flexibility index (Phi) is 3.56. The number of pyridine rings is 1. The quantitative estimate of drug-likeness (QED) is 0.937. The molecule has 0 saturated carbocycles. The first-order valence-electron chi connectivity index (χ1n) is 6.92. The number of methoxy groups -OCH3 is 2. The lowest BCUT2D eigenvalue weighted by atomic mass is 9.99. The van der Waals surface area contributed by atoms with Gasteiger partial charge in [0.15, 0.2) is 11.5 Å². The number of hydrogen-bond acceptors (Lipinski definition) is 5. The molecule has 5 nitrogen and oxygen atoms in total. The number of ether oxygens (including phenoxy) is 2. The van der Waals surface area contributed by atoms with Crippen molar-refractivity contribution in [1.29, 1.82) is 0 Å². The highest BCUT2D eigenvalue weighted by molar-refractivity contribution is 5.52. The van der Waals surface area contributed by atoms with Gasteiger partial charge in [-0.2, -0.15) is 0 Å². The zero-order chi connectivity index (χ0) is 14.8. The van der Waals surface area contributed by atoms with Gasteiger partial charge in [0.05, 0.1) is 14.2 Å². The van der Waals surface area contributed by atoms with Crippen LogP contribution in [-0.4, -0.2) is 25.7 Å². The van der Waals surface area contributed by atoms with E-state index in [0.29, 0.717) is 5.82 Å². The number of anilines is 2.